The number of benzene rings is 2. The maximum absolute atomic E-state index is 13.4. The Bertz CT molecular complexity index is 1700. The van der Waals surface area contributed by atoms with Crippen LogP contribution in [0.1, 0.15) is 35.2 Å². The first-order valence-corrected chi connectivity index (χ1v) is 14.4. The van der Waals surface area contributed by atoms with E-state index in [2.05, 4.69) is 23.0 Å². The van der Waals surface area contributed by atoms with Crippen LogP contribution in [-0.4, -0.2) is 79.3 Å². The Kier molecular flexibility index (Phi) is 6.81. The van der Waals surface area contributed by atoms with Crippen molar-refractivity contribution in [2.75, 3.05) is 40.5 Å². The lowest BCUT2D eigenvalue weighted by Gasteiger charge is -2.32. The number of carbonyl (C=O) groups is 1. The minimum absolute atomic E-state index is 0.0338. The minimum Gasteiger partial charge on any atom is -0.496 e. The van der Waals surface area contributed by atoms with E-state index in [1.54, 1.807) is 19.4 Å². The Morgan fingerprint density at radius 3 is 2.62 bits per heavy atom. The Labute approximate surface area is 244 Å². The van der Waals surface area contributed by atoms with Gasteiger partial charge < -0.3 is 23.5 Å². The van der Waals surface area contributed by atoms with Gasteiger partial charge in [0, 0.05) is 61.4 Å². The highest BCUT2D eigenvalue weighted by atomic mass is 16.5. The van der Waals surface area contributed by atoms with Crippen LogP contribution < -0.4 is 9.47 Å². The zero-order valence-electron chi connectivity index (χ0n) is 23.7. The number of likely N-dealkylation sites (tertiary alicyclic amines) is 2. The van der Waals surface area contributed by atoms with Gasteiger partial charge in [-0.1, -0.05) is 6.07 Å². The number of hydrogen-bond acceptors (Lipinski definition) is 8. The molecular weight excluding hydrogens is 532 g/mol. The summed E-state index contributed by atoms with van der Waals surface area (Å²) in [5.41, 5.74) is 4.75. The van der Waals surface area contributed by atoms with Crippen LogP contribution in [0.4, 0.5) is 0 Å². The summed E-state index contributed by atoms with van der Waals surface area (Å²) in [6.07, 6.45) is 4.42. The molecule has 3 aliphatic rings. The number of aromatic nitrogens is 1. The second-order valence-corrected chi connectivity index (χ2v) is 11.3. The summed E-state index contributed by atoms with van der Waals surface area (Å²) in [5.74, 6) is 1.75. The second kappa shape index (κ2) is 10.8. The smallest absolute Gasteiger partial charge is 0.254 e. The monoisotopic (exact) mass is 564 g/mol. The van der Waals surface area contributed by atoms with Crippen molar-refractivity contribution in [3.63, 3.8) is 0 Å². The van der Waals surface area contributed by atoms with Crippen LogP contribution in [0.15, 0.2) is 59.1 Å². The molecule has 2 atom stereocenters. The SMILES string of the molecule is COc1cc(C(=O)N2C[C@@H]3C[C@H]2CN3C)ccc1-c1cc2nccc(-c3ccc(OC4CCOCC4)c(C#N)c3)c2o1. The van der Waals surface area contributed by atoms with Gasteiger partial charge in [0.15, 0.2) is 5.58 Å². The van der Waals surface area contributed by atoms with Crippen LogP contribution in [0.3, 0.4) is 0 Å². The number of likely N-dealkylation sites (N-methyl/N-ethyl adjacent to an activating group) is 1. The molecule has 3 aliphatic heterocycles. The molecule has 2 aromatic carbocycles. The Morgan fingerprint density at radius 2 is 1.88 bits per heavy atom. The van der Waals surface area contributed by atoms with Gasteiger partial charge in [-0.25, -0.2) is 0 Å². The molecule has 0 saturated carbocycles. The number of fused-ring (bicyclic) bond motifs is 3. The van der Waals surface area contributed by atoms with Gasteiger partial charge in [0.05, 0.1) is 31.5 Å². The first-order chi connectivity index (χ1) is 20.5. The molecule has 5 heterocycles. The van der Waals surface area contributed by atoms with E-state index in [4.69, 9.17) is 18.6 Å². The van der Waals surface area contributed by atoms with Crippen molar-refractivity contribution in [1.29, 1.82) is 5.26 Å². The summed E-state index contributed by atoms with van der Waals surface area (Å²) in [4.78, 5) is 22.2. The quantitative estimate of drug-likeness (QED) is 0.318. The van der Waals surface area contributed by atoms with Crippen molar-refractivity contribution in [2.45, 2.75) is 37.5 Å². The molecule has 2 aromatic heterocycles. The summed E-state index contributed by atoms with van der Waals surface area (Å²) in [6, 6.07) is 17.9. The highest BCUT2D eigenvalue weighted by Gasteiger charge is 2.43. The number of hydrogen-bond donors (Lipinski definition) is 0. The van der Waals surface area contributed by atoms with Crippen LogP contribution in [0.25, 0.3) is 33.6 Å². The number of carbonyl (C=O) groups excluding carboxylic acids is 1. The predicted octanol–water partition coefficient (Wildman–Crippen LogP) is 5.13. The van der Waals surface area contributed by atoms with Crippen molar-refractivity contribution in [3.05, 3.63) is 65.9 Å². The molecule has 9 heteroatoms. The molecule has 0 spiro atoms. The van der Waals surface area contributed by atoms with E-state index in [9.17, 15) is 10.1 Å². The summed E-state index contributed by atoms with van der Waals surface area (Å²) in [6.45, 7) is 3.02. The van der Waals surface area contributed by atoms with E-state index in [1.807, 2.05) is 47.4 Å². The lowest BCUT2D eigenvalue weighted by molar-refractivity contribution is 0.0254. The number of piperazine rings is 1. The molecule has 1 amide bonds. The molecule has 214 valence electrons. The average Bonchev–Trinajstić information content (AvgIpc) is 3.75. The highest BCUT2D eigenvalue weighted by molar-refractivity contribution is 5.97. The number of nitriles is 1. The molecule has 3 saturated heterocycles. The third-order valence-electron chi connectivity index (χ3n) is 8.77. The lowest BCUT2D eigenvalue weighted by Crippen LogP contribution is -2.47. The molecular formula is C33H32N4O5. The third-order valence-corrected chi connectivity index (χ3v) is 8.77. The molecule has 0 N–H and O–H groups in total. The van der Waals surface area contributed by atoms with Gasteiger partial charge in [0.2, 0.25) is 0 Å². The van der Waals surface area contributed by atoms with Crippen molar-refractivity contribution >= 4 is 17.0 Å². The number of pyridine rings is 1. The molecule has 2 bridgehead atoms. The van der Waals surface area contributed by atoms with Crippen LogP contribution in [0.2, 0.25) is 0 Å². The third kappa shape index (κ3) is 4.67. The molecule has 3 fully saturated rings. The maximum atomic E-state index is 13.4. The fraction of sp³-hybridized carbons (Fsp3) is 0.364. The largest absolute Gasteiger partial charge is 0.496 e. The van der Waals surface area contributed by atoms with Crippen LogP contribution in [0.5, 0.6) is 11.5 Å². The van der Waals surface area contributed by atoms with Gasteiger partial charge in [0.25, 0.3) is 5.91 Å². The fourth-order valence-electron chi connectivity index (χ4n) is 6.47. The van der Waals surface area contributed by atoms with Gasteiger partial charge in [-0.2, -0.15) is 5.26 Å². The van der Waals surface area contributed by atoms with E-state index < -0.39 is 0 Å². The van der Waals surface area contributed by atoms with E-state index in [-0.39, 0.29) is 18.1 Å². The number of ether oxygens (including phenoxy) is 3. The molecule has 4 aromatic rings. The molecule has 9 nitrogen and oxygen atoms in total. The van der Waals surface area contributed by atoms with Gasteiger partial charge in [-0.05, 0) is 55.4 Å². The summed E-state index contributed by atoms with van der Waals surface area (Å²) < 4.78 is 23.7. The lowest BCUT2D eigenvalue weighted by atomic mass is 10.0. The fourth-order valence-corrected chi connectivity index (χ4v) is 6.47. The minimum atomic E-state index is 0.0338. The second-order valence-electron chi connectivity index (χ2n) is 11.3. The standard InChI is InChI=1S/C33H32N4O5/c1-36-18-24-15-23(36)19-37(24)33(38)21-3-5-27(30(14-21)39-2)31-16-28-32(42-31)26(7-10-35-28)20-4-6-29(22(13-20)17-34)41-25-8-11-40-12-9-25/h3-7,10,13-14,16,23-25H,8-9,11-12,15,18-19H2,1-2H3/t23-,24-/m0/s1. The van der Waals surface area contributed by atoms with Gasteiger partial charge in [-0.3, -0.25) is 14.7 Å². The van der Waals surface area contributed by atoms with Gasteiger partial charge in [-0.15, -0.1) is 0 Å². The topological polar surface area (TPSA) is 101 Å². The van der Waals surface area contributed by atoms with Crippen LogP contribution in [0, 0.1) is 11.3 Å². The number of furan rings is 1. The zero-order chi connectivity index (χ0) is 28.8. The normalized spacial score (nSPS) is 20.6. The highest BCUT2D eigenvalue weighted by Crippen LogP contribution is 2.39. The summed E-state index contributed by atoms with van der Waals surface area (Å²) in [7, 11) is 3.72. The number of amides is 1. The van der Waals surface area contributed by atoms with Crippen LogP contribution >= 0.6 is 0 Å². The van der Waals surface area contributed by atoms with E-state index >= 15 is 0 Å². The number of nitrogens with zero attached hydrogens (tertiary/aromatic N) is 4. The number of rotatable bonds is 6. The molecule has 0 radical (unpaired) electrons. The first-order valence-electron chi connectivity index (χ1n) is 14.4. The van der Waals surface area contributed by atoms with E-state index in [1.165, 1.54) is 0 Å². The zero-order valence-corrected chi connectivity index (χ0v) is 23.7. The molecule has 42 heavy (non-hydrogen) atoms. The van der Waals surface area contributed by atoms with Crippen molar-refractivity contribution < 1.29 is 23.4 Å². The van der Waals surface area contributed by atoms with Crippen molar-refractivity contribution in [3.8, 4) is 40.0 Å². The number of methoxy groups -OCH3 is 1. The summed E-state index contributed by atoms with van der Waals surface area (Å²) in [5, 5.41) is 9.88. The first kappa shape index (κ1) is 26.5. The van der Waals surface area contributed by atoms with E-state index in [0.717, 1.165) is 49.0 Å². The molecule has 7 rings (SSSR count). The van der Waals surface area contributed by atoms with Crippen molar-refractivity contribution in [1.82, 2.24) is 14.8 Å². The van der Waals surface area contributed by atoms with E-state index in [0.29, 0.717) is 58.7 Å². The van der Waals surface area contributed by atoms with Crippen molar-refractivity contribution in [2.24, 2.45) is 0 Å². The Balaban J connectivity index is 1.18. The average molecular weight is 565 g/mol. The maximum Gasteiger partial charge on any atom is 0.254 e. The van der Waals surface area contributed by atoms with Gasteiger partial charge in [0.1, 0.15) is 34.9 Å². The Hall–Kier alpha value is -4.39. The Morgan fingerprint density at radius 1 is 1.02 bits per heavy atom. The summed E-state index contributed by atoms with van der Waals surface area (Å²) >= 11 is 0. The molecule has 0 aliphatic carbocycles. The van der Waals surface area contributed by atoms with Gasteiger partial charge >= 0.3 is 0 Å². The predicted molar refractivity (Wildman–Crippen MR) is 156 cm³/mol. The molecule has 0 unspecified atom stereocenters. The van der Waals surface area contributed by atoms with Crippen LogP contribution in [-0.2, 0) is 4.74 Å².